The third-order valence-corrected chi connectivity index (χ3v) is 3.33. The zero-order valence-corrected chi connectivity index (χ0v) is 11.3. The highest BCUT2D eigenvalue weighted by Crippen LogP contribution is 2.30. The van der Waals surface area contributed by atoms with Crippen molar-refractivity contribution in [1.82, 2.24) is 4.98 Å². The van der Waals surface area contributed by atoms with Crippen molar-refractivity contribution in [3.8, 4) is 0 Å². The summed E-state index contributed by atoms with van der Waals surface area (Å²) >= 11 is 0. The summed E-state index contributed by atoms with van der Waals surface area (Å²) in [6.45, 7) is 1.37. The van der Waals surface area contributed by atoms with Crippen LogP contribution in [0, 0.1) is 0 Å². The number of rotatable bonds is 4. The SMILES string of the molecule is CN(CC1CCCO1)c1nc(C(F)(F)F)ccc1CN. The molecule has 4 nitrogen and oxygen atoms in total. The highest BCUT2D eigenvalue weighted by molar-refractivity contribution is 5.47. The Hall–Kier alpha value is -1.34. The lowest BCUT2D eigenvalue weighted by Crippen LogP contribution is -2.31. The highest BCUT2D eigenvalue weighted by Gasteiger charge is 2.33. The van der Waals surface area contributed by atoms with Crippen LogP contribution in [-0.2, 0) is 17.5 Å². The summed E-state index contributed by atoms with van der Waals surface area (Å²) in [4.78, 5) is 5.41. The second kappa shape index (κ2) is 5.97. The molecule has 1 aromatic rings. The van der Waals surface area contributed by atoms with Crippen molar-refractivity contribution >= 4 is 5.82 Å². The molecule has 1 unspecified atom stereocenters. The fourth-order valence-corrected chi connectivity index (χ4v) is 2.31. The maximum absolute atomic E-state index is 12.7. The van der Waals surface area contributed by atoms with Gasteiger partial charge in [-0.25, -0.2) is 4.98 Å². The number of hydrogen-bond donors (Lipinski definition) is 1. The molecule has 2 heterocycles. The Bertz CT molecular complexity index is 459. The summed E-state index contributed by atoms with van der Waals surface area (Å²) in [6, 6.07) is 2.35. The molecule has 0 saturated carbocycles. The number of nitrogens with zero attached hydrogens (tertiary/aromatic N) is 2. The van der Waals surface area contributed by atoms with Gasteiger partial charge in [0.1, 0.15) is 11.5 Å². The molecule has 0 amide bonds. The van der Waals surface area contributed by atoms with Crippen molar-refractivity contribution in [2.45, 2.75) is 31.7 Å². The van der Waals surface area contributed by atoms with Gasteiger partial charge in [-0.05, 0) is 18.9 Å². The van der Waals surface area contributed by atoms with Crippen molar-refractivity contribution in [2.24, 2.45) is 5.73 Å². The van der Waals surface area contributed by atoms with Crippen molar-refractivity contribution in [3.63, 3.8) is 0 Å². The monoisotopic (exact) mass is 289 g/mol. The predicted molar refractivity (Wildman–Crippen MR) is 69.4 cm³/mol. The predicted octanol–water partition coefficient (Wildman–Crippen LogP) is 2.17. The number of likely N-dealkylation sites (N-methyl/N-ethyl adjacent to an activating group) is 1. The summed E-state index contributed by atoms with van der Waals surface area (Å²) in [7, 11) is 1.71. The van der Waals surface area contributed by atoms with Crippen molar-refractivity contribution in [1.29, 1.82) is 0 Å². The van der Waals surface area contributed by atoms with E-state index in [-0.39, 0.29) is 18.5 Å². The van der Waals surface area contributed by atoms with Gasteiger partial charge >= 0.3 is 6.18 Å². The molecule has 1 fully saturated rings. The van der Waals surface area contributed by atoms with Crippen LogP contribution in [0.15, 0.2) is 12.1 Å². The number of aromatic nitrogens is 1. The topological polar surface area (TPSA) is 51.4 Å². The van der Waals surface area contributed by atoms with Gasteiger partial charge in [0.05, 0.1) is 6.10 Å². The van der Waals surface area contributed by atoms with E-state index in [1.807, 2.05) is 0 Å². The summed E-state index contributed by atoms with van der Waals surface area (Å²) in [6.07, 6.45) is -2.51. The van der Waals surface area contributed by atoms with Gasteiger partial charge in [0.25, 0.3) is 0 Å². The van der Waals surface area contributed by atoms with Crippen LogP contribution in [0.5, 0.6) is 0 Å². The molecule has 112 valence electrons. The highest BCUT2D eigenvalue weighted by atomic mass is 19.4. The smallest absolute Gasteiger partial charge is 0.376 e. The van der Waals surface area contributed by atoms with E-state index in [0.717, 1.165) is 18.9 Å². The normalized spacial score (nSPS) is 19.4. The van der Waals surface area contributed by atoms with E-state index >= 15 is 0 Å². The number of alkyl halides is 3. The van der Waals surface area contributed by atoms with Crippen LogP contribution in [0.4, 0.5) is 19.0 Å². The fraction of sp³-hybridized carbons (Fsp3) is 0.615. The first-order valence-electron chi connectivity index (χ1n) is 6.51. The van der Waals surface area contributed by atoms with Crippen LogP contribution in [0.2, 0.25) is 0 Å². The van der Waals surface area contributed by atoms with E-state index in [9.17, 15) is 13.2 Å². The fourth-order valence-electron chi connectivity index (χ4n) is 2.31. The van der Waals surface area contributed by atoms with Gasteiger partial charge in [-0.15, -0.1) is 0 Å². The first-order valence-corrected chi connectivity index (χ1v) is 6.51. The second-order valence-electron chi connectivity index (χ2n) is 4.90. The molecule has 1 aliphatic rings. The Morgan fingerprint density at radius 2 is 2.20 bits per heavy atom. The van der Waals surface area contributed by atoms with E-state index in [0.29, 0.717) is 18.7 Å². The van der Waals surface area contributed by atoms with Crippen molar-refractivity contribution < 1.29 is 17.9 Å². The van der Waals surface area contributed by atoms with Crippen LogP contribution < -0.4 is 10.6 Å². The molecule has 20 heavy (non-hydrogen) atoms. The van der Waals surface area contributed by atoms with Gasteiger partial charge < -0.3 is 15.4 Å². The number of anilines is 1. The Balaban J connectivity index is 2.22. The summed E-state index contributed by atoms with van der Waals surface area (Å²) < 4.78 is 43.7. The Morgan fingerprint density at radius 3 is 2.75 bits per heavy atom. The first kappa shape index (κ1) is 15.1. The van der Waals surface area contributed by atoms with Crippen molar-refractivity contribution in [2.75, 3.05) is 25.1 Å². The average molecular weight is 289 g/mol. The number of pyridine rings is 1. The van der Waals surface area contributed by atoms with E-state index in [4.69, 9.17) is 10.5 Å². The molecule has 0 radical (unpaired) electrons. The minimum Gasteiger partial charge on any atom is -0.376 e. The molecule has 1 atom stereocenters. The van der Waals surface area contributed by atoms with Crippen molar-refractivity contribution in [3.05, 3.63) is 23.4 Å². The molecule has 2 rings (SSSR count). The molecule has 0 bridgehead atoms. The van der Waals surface area contributed by atoms with Gasteiger partial charge in [-0.2, -0.15) is 13.2 Å². The minimum absolute atomic E-state index is 0.0435. The van der Waals surface area contributed by atoms with Gasteiger partial charge in [-0.1, -0.05) is 6.07 Å². The maximum Gasteiger partial charge on any atom is 0.433 e. The Kier molecular flexibility index (Phi) is 4.49. The molecule has 1 aliphatic heterocycles. The largest absolute Gasteiger partial charge is 0.433 e. The molecule has 0 aliphatic carbocycles. The molecule has 1 saturated heterocycles. The Labute approximate surface area is 115 Å². The quantitative estimate of drug-likeness (QED) is 0.923. The number of hydrogen-bond acceptors (Lipinski definition) is 4. The van der Waals surface area contributed by atoms with E-state index in [1.54, 1.807) is 11.9 Å². The van der Waals surface area contributed by atoms with Gasteiger partial charge in [-0.3, -0.25) is 0 Å². The zero-order chi connectivity index (χ0) is 14.8. The third-order valence-electron chi connectivity index (χ3n) is 3.33. The van der Waals surface area contributed by atoms with Gasteiger partial charge in [0.2, 0.25) is 0 Å². The molecule has 0 aromatic carbocycles. The first-order chi connectivity index (χ1) is 9.41. The third kappa shape index (κ3) is 3.40. The molecule has 1 aromatic heterocycles. The average Bonchev–Trinajstić information content (AvgIpc) is 2.89. The van der Waals surface area contributed by atoms with E-state index in [2.05, 4.69) is 4.98 Å². The number of nitrogens with two attached hydrogens (primary N) is 1. The number of halogens is 3. The maximum atomic E-state index is 12.7. The van der Waals surface area contributed by atoms with Crippen LogP contribution >= 0.6 is 0 Å². The number of ether oxygens (including phenoxy) is 1. The molecule has 2 N–H and O–H groups in total. The second-order valence-corrected chi connectivity index (χ2v) is 4.90. The molecule has 7 heteroatoms. The van der Waals surface area contributed by atoms with Crippen LogP contribution in [0.3, 0.4) is 0 Å². The molecular weight excluding hydrogens is 271 g/mol. The minimum atomic E-state index is -4.45. The molecule has 0 spiro atoms. The lowest BCUT2D eigenvalue weighted by atomic mass is 10.2. The van der Waals surface area contributed by atoms with Gasteiger partial charge in [0, 0.05) is 32.3 Å². The van der Waals surface area contributed by atoms with E-state index in [1.165, 1.54) is 6.07 Å². The summed E-state index contributed by atoms with van der Waals surface area (Å²) in [5.41, 5.74) is 5.27. The molecular formula is C13H18F3N3O. The standard InChI is InChI=1S/C13H18F3N3O/c1-19(8-10-3-2-6-20-10)12-9(7-17)4-5-11(18-12)13(14,15)16/h4-5,10H,2-3,6-8,17H2,1H3. The summed E-state index contributed by atoms with van der Waals surface area (Å²) in [5, 5.41) is 0. The van der Waals surface area contributed by atoms with E-state index < -0.39 is 11.9 Å². The van der Waals surface area contributed by atoms with Crippen LogP contribution in [-0.4, -0.2) is 31.3 Å². The lowest BCUT2D eigenvalue weighted by molar-refractivity contribution is -0.141. The van der Waals surface area contributed by atoms with Gasteiger partial charge in [0.15, 0.2) is 0 Å². The lowest BCUT2D eigenvalue weighted by Gasteiger charge is -2.24. The zero-order valence-electron chi connectivity index (χ0n) is 11.3. The van der Waals surface area contributed by atoms with Crippen LogP contribution in [0.25, 0.3) is 0 Å². The summed E-state index contributed by atoms with van der Waals surface area (Å²) in [5.74, 6) is 0.276. The Morgan fingerprint density at radius 1 is 1.45 bits per heavy atom. The van der Waals surface area contributed by atoms with Crippen LogP contribution in [0.1, 0.15) is 24.1 Å².